The monoisotopic (exact) mass is 338 g/mol. The molecule has 5 nitrogen and oxygen atoms in total. The molecule has 0 fully saturated rings. The molecule has 1 amide bonds. The Hall–Kier alpha value is -2.47. The Balaban J connectivity index is 1.62. The van der Waals surface area contributed by atoms with Crippen molar-refractivity contribution < 1.29 is 4.79 Å². The van der Waals surface area contributed by atoms with Gasteiger partial charge in [0, 0.05) is 10.4 Å². The molecule has 6 heteroatoms. The lowest BCUT2D eigenvalue weighted by Crippen LogP contribution is -2.30. The molecule has 2 heterocycles. The fourth-order valence-electron chi connectivity index (χ4n) is 3.15. The Morgan fingerprint density at radius 2 is 2.08 bits per heavy atom. The maximum absolute atomic E-state index is 12.2. The van der Waals surface area contributed by atoms with Crippen molar-refractivity contribution in [2.24, 2.45) is 5.92 Å². The number of rotatable bonds is 3. The minimum atomic E-state index is -0.180. The SMILES string of the molecule is C[C@H]1CCc2c(sc3ncnc(NNC(=O)c4ccccc4)c23)C1. The van der Waals surface area contributed by atoms with Crippen LogP contribution in [0.5, 0.6) is 0 Å². The van der Waals surface area contributed by atoms with Gasteiger partial charge in [-0.05, 0) is 42.9 Å². The number of aryl methyl sites for hydroxylation is 1. The fourth-order valence-corrected chi connectivity index (χ4v) is 4.50. The minimum absolute atomic E-state index is 0.180. The van der Waals surface area contributed by atoms with E-state index >= 15 is 0 Å². The lowest BCUT2D eigenvalue weighted by molar-refractivity contribution is 0.0962. The number of nitrogens with zero attached hydrogens (tertiary/aromatic N) is 2. The van der Waals surface area contributed by atoms with Crippen LogP contribution >= 0.6 is 11.3 Å². The molecule has 0 saturated carbocycles. The molecule has 1 aliphatic carbocycles. The zero-order chi connectivity index (χ0) is 16.5. The second kappa shape index (κ2) is 6.20. The van der Waals surface area contributed by atoms with Crippen molar-refractivity contribution in [3.63, 3.8) is 0 Å². The predicted octanol–water partition coefficient (Wildman–Crippen LogP) is 3.57. The molecule has 24 heavy (non-hydrogen) atoms. The first-order valence-electron chi connectivity index (χ1n) is 8.09. The molecule has 3 aromatic rings. The third kappa shape index (κ3) is 2.73. The van der Waals surface area contributed by atoms with E-state index in [9.17, 15) is 4.79 Å². The summed E-state index contributed by atoms with van der Waals surface area (Å²) in [6, 6.07) is 9.13. The van der Waals surface area contributed by atoms with E-state index in [1.165, 1.54) is 16.9 Å². The Morgan fingerprint density at radius 3 is 2.92 bits per heavy atom. The Bertz CT molecular complexity index is 891. The van der Waals surface area contributed by atoms with Crippen LogP contribution in [0, 0.1) is 5.92 Å². The largest absolute Gasteiger partial charge is 0.281 e. The van der Waals surface area contributed by atoms with Gasteiger partial charge in [-0.25, -0.2) is 9.97 Å². The van der Waals surface area contributed by atoms with Crippen molar-refractivity contribution in [2.45, 2.75) is 26.2 Å². The average molecular weight is 338 g/mol. The highest BCUT2D eigenvalue weighted by Gasteiger charge is 2.23. The third-order valence-electron chi connectivity index (χ3n) is 4.42. The number of hydrogen-bond acceptors (Lipinski definition) is 5. The van der Waals surface area contributed by atoms with Crippen molar-refractivity contribution >= 4 is 33.3 Å². The fraction of sp³-hybridized carbons (Fsp3) is 0.278. The van der Waals surface area contributed by atoms with Crippen molar-refractivity contribution in [3.8, 4) is 0 Å². The second-order valence-corrected chi connectivity index (χ2v) is 7.28. The number of aromatic nitrogens is 2. The normalized spacial score (nSPS) is 16.6. The number of carbonyl (C=O) groups is 1. The summed E-state index contributed by atoms with van der Waals surface area (Å²) in [6.07, 6.45) is 4.88. The van der Waals surface area contributed by atoms with Gasteiger partial charge in [0.1, 0.15) is 11.2 Å². The van der Waals surface area contributed by atoms with Gasteiger partial charge in [-0.2, -0.15) is 0 Å². The zero-order valence-corrected chi connectivity index (χ0v) is 14.2. The van der Waals surface area contributed by atoms with Crippen LogP contribution in [0.15, 0.2) is 36.7 Å². The summed E-state index contributed by atoms with van der Waals surface area (Å²) in [7, 11) is 0. The maximum atomic E-state index is 12.2. The first kappa shape index (κ1) is 15.1. The average Bonchev–Trinajstić information content (AvgIpc) is 2.98. The number of amides is 1. The number of anilines is 1. The van der Waals surface area contributed by atoms with Crippen molar-refractivity contribution in [1.29, 1.82) is 0 Å². The summed E-state index contributed by atoms with van der Waals surface area (Å²) in [5, 5.41) is 1.05. The lowest BCUT2D eigenvalue weighted by Gasteiger charge is -2.18. The molecular weight excluding hydrogens is 320 g/mol. The molecule has 2 N–H and O–H groups in total. The first-order valence-corrected chi connectivity index (χ1v) is 8.90. The van der Waals surface area contributed by atoms with E-state index in [2.05, 4.69) is 27.7 Å². The van der Waals surface area contributed by atoms with Crippen LogP contribution in [0.25, 0.3) is 10.2 Å². The van der Waals surface area contributed by atoms with Gasteiger partial charge in [0.05, 0.1) is 5.39 Å². The molecular formula is C18H18N4OS. The van der Waals surface area contributed by atoms with E-state index in [-0.39, 0.29) is 5.91 Å². The quantitative estimate of drug-likeness (QED) is 0.717. The zero-order valence-electron chi connectivity index (χ0n) is 13.4. The Morgan fingerprint density at radius 1 is 1.25 bits per heavy atom. The minimum Gasteiger partial charge on any atom is -0.281 e. The van der Waals surface area contributed by atoms with Gasteiger partial charge in [-0.3, -0.25) is 15.6 Å². The molecule has 2 aromatic heterocycles. The summed E-state index contributed by atoms with van der Waals surface area (Å²) >= 11 is 1.74. The van der Waals surface area contributed by atoms with Gasteiger partial charge in [0.25, 0.3) is 5.91 Å². The Labute approximate surface area is 144 Å². The van der Waals surface area contributed by atoms with Gasteiger partial charge in [-0.1, -0.05) is 25.1 Å². The molecule has 0 aliphatic heterocycles. The maximum Gasteiger partial charge on any atom is 0.269 e. The Kier molecular flexibility index (Phi) is 3.90. The summed E-state index contributed by atoms with van der Waals surface area (Å²) in [4.78, 5) is 23.4. The van der Waals surface area contributed by atoms with Crippen LogP contribution in [0.4, 0.5) is 5.82 Å². The topological polar surface area (TPSA) is 66.9 Å². The van der Waals surface area contributed by atoms with Gasteiger partial charge in [0.2, 0.25) is 0 Å². The number of thiophene rings is 1. The highest BCUT2D eigenvalue weighted by Crippen LogP contribution is 2.39. The van der Waals surface area contributed by atoms with E-state index in [4.69, 9.17) is 0 Å². The lowest BCUT2D eigenvalue weighted by atomic mass is 9.89. The summed E-state index contributed by atoms with van der Waals surface area (Å²) in [5.41, 5.74) is 7.67. The standard InChI is InChI=1S/C18H18N4OS/c1-11-7-8-13-14(9-11)24-18-15(13)16(19-10-20-18)21-22-17(23)12-5-3-2-4-6-12/h2-6,10-11H,7-9H2,1H3,(H,22,23)(H,19,20,21)/t11-/m0/s1. The van der Waals surface area contributed by atoms with E-state index in [1.54, 1.807) is 29.8 Å². The molecule has 122 valence electrons. The van der Waals surface area contributed by atoms with Crippen LogP contribution in [0.2, 0.25) is 0 Å². The molecule has 1 aliphatic rings. The number of carbonyl (C=O) groups excluding carboxylic acids is 1. The first-order chi connectivity index (χ1) is 11.7. The number of fused-ring (bicyclic) bond motifs is 3. The highest BCUT2D eigenvalue weighted by molar-refractivity contribution is 7.19. The molecule has 0 spiro atoms. The van der Waals surface area contributed by atoms with Gasteiger partial charge < -0.3 is 0 Å². The molecule has 0 bridgehead atoms. The summed E-state index contributed by atoms with van der Waals surface area (Å²) in [6.45, 7) is 2.29. The molecule has 0 radical (unpaired) electrons. The van der Waals surface area contributed by atoms with Crippen LogP contribution in [-0.4, -0.2) is 15.9 Å². The molecule has 0 unspecified atom stereocenters. The van der Waals surface area contributed by atoms with E-state index in [0.29, 0.717) is 17.3 Å². The van der Waals surface area contributed by atoms with Crippen LogP contribution < -0.4 is 10.9 Å². The van der Waals surface area contributed by atoms with Crippen molar-refractivity contribution in [1.82, 2.24) is 15.4 Å². The van der Waals surface area contributed by atoms with Gasteiger partial charge in [-0.15, -0.1) is 11.3 Å². The van der Waals surface area contributed by atoms with E-state index in [1.807, 2.05) is 18.2 Å². The third-order valence-corrected chi connectivity index (χ3v) is 5.58. The smallest absolute Gasteiger partial charge is 0.269 e. The van der Waals surface area contributed by atoms with Crippen LogP contribution in [0.1, 0.15) is 34.1 Å². The molecule has 1 atom stereocenters. The molecule has 1 aromatic carbocycles. The number of hydrazine groups is 1. The van der Waals surface area contributed by atoms with Crippen LogP contribution in [0.3, 0.4) is 0 Å². The van der Waals surface area contributed by atoms with Crippen molar-refractivity contribution in [2.75, 3.05) is 5.43 Å². The number of benzene rings is 1. The van der Waals surface area contributed by atoms with E-state index in [0.717, 1.165) is 23.1 Å². The molecule has 0 saturated heterocycles. The van der Waals surface area contributed by atoms with Gasteiger partial charge >= 0.3 is 0 Å². The summed E-state index contributed by atoms with van der Waals surface area (Å²) < 4.78 is 0. The number of nitrogens with one attached hydrogen (secondary N) is 2. The number of hydrogen-bond donors (Lipinski definition) is 2. The van der Waals surface area contributed by atoms with E-state index < -0.39 is 0 Å². The molecule has 4 rings (SSSR count). The second-order valence-electron chi connectivity index (χ2n) is 6.20. The van der Waals surface area contributed by atoms with Crippen molar-refractivity contribution in [3.05, 3.63) is 52.7 Å². The highest BCUT2D eigenvalue weighted by atomic mass is 32.1. The summed E-state index contributed by atoms with van der Waals surface area (Å²) in [5.74, 6) is 1.21. The van der Waals surface area contributed by atoms with Gasteiger partial charge in [0.15, 0.2) is 5.82 Å². The van der Waals surface area contributed by atoms with Crippen LogP contribution in [-0.2, 0) is 12.8 Å². The predicted molar refractivity (Wildman–Crippen MR) is 96.1 cm³/mol.